The first-order valence-corrected chi connectivity index (χ1v) is 3.11. The van der Waals surface area contributed by atoms with Crippen molar-refractivity contribution < 1.29 is 31.4 Å². The number of ether oxygens (including phenoxy) is 2. The van der Waals surface area contributed by atoms with Gasteiger partial charge in [-0.3, -0.25) is 0 Å². The molecule has 7 heteroatoms. The molecule has 76 valence electrons. The zero-order valence-corrected chi connectivity index (χ0v) is 6.41. The molecule has 0 spiro atoms. The molecule has 0 bridgehead atoms. The Morgan fingerprint density at radius 2 is 1.54 bits per heavy atom. The van der Waals surface area contributed by atoms with Crippen LogP contribution in [0, 0.1) is 0 Å². The molecule has 1 saturated heterocycles. The highest BCUT2D eigenvalue weighted by Gasteiger charge is 2.75. The first-order valence-electron chi connectivity index (χ1n) is 3.11. The van der Waals surface area contributed by atoms with Gasteiger partial charge in [-0.1, -0.05) is 0 Å². The fraction of sp³-hybridized carbons (Fsp3) is 0.667. The van der Waals surface area contributed by atoms with Crippen molar-refractivity contribution in [2.45, 2.75) is 24.8 Å². The van der Waals surface area contributed by atoms with Crippen molar-refractivity contribution in [3.05, 3.63) is 12.5 Å². The Morgan fingerprint density at radius 3 is 1.92 bits per heavy atom. The minimum absolute atomic E-state index is 0.175. The summed E-state index contributed by atoms with van der Waals surface area (Å²) in [6.45, 7) is 2.85. The van der Waals surface area contributed by atoms with Gasteiger partial charge in [0.1, 0.15) is 0 Å². The minimum atomic E-state index is -5.05. The Bertz CT molecular complexity index is 225. The number of halogens is 5. The molecule has 1 aliphatic rings. The summed E-state index contributed by atoms with van der Waals surface area (Å²) in [4.78, 5) is 0. The lowest BCUT2D eigenvalue weighted by molar-refractivity contribution is -0.450. The van der Waals surface area contributed by atoms with Gasteiger partial charge >= 0.3 is 17.9 Å². The topological polar surface area (TPSA) is 18.5 Å². The SMILES string of the molecule is C=C1OC(C)(F)C(F)(F)C(F)(F)O1. The fourth-order valence-corrected chi connectivity index (χ4v) is 0.766. The monoisotopic (exact) mass is 204 g/mol. The van der Waals surface area contributed by atoms with Crippen LogP contribution in [-0.4, -0.2) is 17.9 Å². The van der Waals surface area contributed by atoms with E-state index in [9.17, 15) is 22.0 Å². The third-order valence-electron chi connectivity index (χ3n) is 1.47. The highest BCUT2D eigenvalue weighted by atomic mass is 19.3. The summed E-state index contributed by atoms with van der Waals surface area (Å²) in [6, 6.07) is 0. The first-order chi connectivity index (χ1) is 5.60. The molecule has 0 aromatic rings. The van der Waals surface area contributed by atoms with E-state index in [2.05, 4.69) is 16.1 Å². The van der Waals surface area contributed by atoms with E-state index >= 15 is 0 Å². The molecule has 1 unspecified atom stereocenters. The van der Waals surface area contributed by atoms with Crippen LogP contribution >= 0.6 is 0 Å². The molecule has 1 heterocycles. The summed E-state index contributed by atoms with van der Waals surface area (Å²) in [7, 11) is 0. The van der Waals surface area contributed by atoms with Crippen molar-refractivity contribution >= 4 is 0 Å². The third-order valence-corrected chi connectivity index (χ3v) is 1.47. The molecule has 1 aliphatic heterocycles. The maximum absolute atomic E-state index is 12.8. The smallest absolute Gasteiger partial charge is 0.422 e. The van der Waals surface area contributed by atoms with Crippen molar-refractivity contribution in [1.82, 2.24) is 0 Å². The lowest BCUT2D eigenvalue weighted by Gasteiger charge is -2.39. The molecule has 1 rings (SSSR count). The number of rotatable bonds is 0. The zero-order valence-electron chi connectivity index (χ0n) is 6.41. The van der Waals surface area contributed by atoms with Crippen molar-refractivity contribution in [1.29, 1.82) is 0 Å². The molecular weight excluding hydrogens is 199 g/mol. The van der Waals surface area contributed by atoms with E-state index in [4.69, 9.17) is 0 Å². The van der Waals surface area contributed by atoms with Gasteiger partial charge in [-0.15, -0.1) is 0 Å². The van der Waals surface area contributed by atoms with Crippen LogP contribution in [0.5, 0.6) is 0 Å². The van der Waals surface area contributed by atoms with Crippen LogP contribution < -0.4 is 0 Å². The summed E-state index contributed by atoms with van der Waals surface area (Å²) < 4.78 is 69.6. The van der Waals surface area contributed by atoms with Crippen molar-refractivity contribution in [2.24, 2.45) is 0 Å². The predicted octanol–water partition coefficient (Wildman–Crippen LogP) is 2.42. The van der Waals surface area contributed by atoms with Crippen LogP contribution in [0.15, 0.2) is 12.5 Å². The van der Waals surface area contributed by atoms with Gasteiger partial charge in [-0.2, -0.15) is 22.0 Å². The van der Waals surface area contributed by atoms with E-state index in [-0.39, 0.29) is 6.92 Å². The lowest BCUT2D eigenvalue weighted by atomic mass is 10.1. The van der Waals surface area contributed by atoms with Gasteiger partial charge in [0.05, 0.1) is 0 Å². The van der Waals surface area contributed by atoms with Gasteiger partial charge in [0, 0.05) is 6.92 Å². The number of alkyl halides is 5. The second-order valence-electron chi connectivity index (χ2n) is 2.58. The Morgan fingerprint density at radius 1 is 1.08 bits per heavy atom. The Hall–Kier alpha value is -1.01. The molecule has 2 nitrogen and oxygen atoms in total. The van der Waals surface area contributed by atoms with Gasteiger partial charge in [-0.05, 0) is 6.58 Å². The highest BCUT2D eigenvalue weighted by Crippen LogP contribution is 2.50. The molecule has 0 saturated carbocycles. The van der Waals surface area contributed by atoms with Crippen LogP contribution in [0.3, 0.4) is 0 Å². The van der Waals surface area contributed by atoms with Gasteiger partial charge < -0.3 is 9.47 Å². The van der Waals surface area contributed by atoms with Crippen LogP contribution in [0.4, 0.5) is 22.0 Å². The van der Waals surface area contributed by atoms with Gasteiger partial charge in [0.15, 0.2) is 0 Å². The predicted molar refractivity (Wildman–Crippen MR) is 30.7 cm³/mol. The summed E-state index contributed by atoms with van der Waals surface area (Å²) in [5.41, 5.74) is 0. The van der Waals surface area contributed by atoms with Gasteiger partial charge in [0.25, 0.3) is 5.95 Å². The average Bonchev–Trinajstić information content (AvgIpc) is 1.80. The molecule has 0 radical (unpaired) electrons. The van der Waals surface area contributed by atoms with Crippen LogP contribution in [0.2, 0.25) is 0 Å². The maximum atomic E-state index is 12.8. The van der Waals surface area contributed by atoms with E-state index < -0.39 is 23.8 Å². The first kappa shape index (κ1) is 10.1. The Balaban J connectivity index is 3.10. The number of hydrogen-bond acceptors (Lipinski definition) is 2. The highest BCUT2D eigenvalue weighted by molar-refractivity contribution is 4.98. The van der Waals surface area contributed by atoms with Crippen LogP contribution in [-0.2, 0) is 9.47 Å². The summed E-state index contributed by atoms with van der Waals surface area (Å²) in [5.74, 6) is -10.1. The number of hydrogen-bond donors (Lipinski definition) is 0. The normalized spacial score (nSPS) is 36.3. The fourth-order valence-electron chi connectivity index (χ4n) is 0.766. The molecule has 1 fully saturated rings. The summed E-state index contributed by atoms with van der Waals surface area (Å²) in [6.07, 6.45) is -4.95. The van der Waals surface area contributed by atoms with Crippen molar-refractivity contribution in [3.8, 4) is 0 Å². The van der Waals surface area contributed by atoms with Crippen LogP contribution in [0.25, 0.3) is 0 Å². The summed E-state index contributed by atoms with van der Waals surface area (Å²) >= 11 is 0. The summed E-state index contributed by atoms with van der Waals surface area (Å²) in [5, 5.41) is 0. The van der Waals surface area contributed by atoms with E-state index in [1.165, 1.54) is 0 Å². The second-order valence-corrected chi connectivity index (χ2v) is 2.58. The molecule has 0 N–H and O–H groups in total. The van der Waals surface area contributed by atoms with E-state index in [1.807, 2.05) is 0 Å². The molecule has 1 atom stereocenters. The maximum Gasteiger partial charge on any atom is 0.474 e. The molecule has 0 aromatic carbocycles. The molecule has 0 amide bonds. The van der Waals surface area contributed by atoms with Gasteiger partial charge in [-0.25, -0.2) is 0 Å². The molecular formula is C6H5F5O2. The van der Waals surface area contributed by atoms with Crippen molar-refractivity contribution in [3.63, 3.8) is 0 Å². The van der Waals surface area contributed by atoms with Crippen molar-refractivity contribution in [2.75, 3.05) is 0 Å². The lowest BCUT2D eigenvalue weighted by Crippen LogP contribution is -2.60. The van der Waals surface area contributed by atoms with E-state index in [0.717, 1.165) is 0 Å². The standard InChI is InChI=1S/C6H5F5O2/c1-3-12-4(2,7)5(8,9)6(10,11)13-3/h1H2,2H3. The van der Waals surface area contributed by atoms with Crippen LogP contribution in [0.1, 0.15) is 6.92 Å². The van der Waals surface area contributed by atoms with Gasteiger partial charge in [0.2, 0.25) is 0 Å². The Kier molecular flexibility index (Phi) is 1.76. The third kappa shape index (κ3) is 1.22. The zero-order chi connectivity index (χ0) is 10.5. The second kappa shape index (κ2) is 2.27. The van der Waals surface area contributed by atoms with E-state index in [0.29, 0.717) is 0 Å². The molecule has 13 heavy (non-hydrogen) atoms. The quantitative estimate of drug-likeness (QED) is 0.564. The minimum Gasteiger partial charge on any atom is -0.422 e. The largest absolute Gasteiger partial charge is 0.474 e. The molecule has 0 aliphatic carbocycles. The van der Waals surface area contributed by atoms with E-state index in [1.54, 1.807) is 0 Å². The average molecular weight is 204 g/mol. The molecule has 0 aromatic heterocycles. The Labute approximate surface area is 69.9 Å².